The standard InChI is InChI=1S/C14H17Cl2N/c1-9-4-11-7-17-8-14(11,6-9)10-2-3-12(15)13(16)5-10/h2-3,5,9,11,17H,4,6-8H2,1H3/t9-,11-,14+/m1/s1. The second kappa shape index (κ2) is 4.15. The summed E-state index contributed by atoms with van der Waals surface area (Å²) < 4.78 is 0. The predicted molar refractivity (Wildman–Crippen MR) is 72.9 cm³/mol. The van der Waals surface area contributed by atoms with Crippen molar-refractivity contribution >= 4 is 23.2 Å². The van der Waals surface area contributed by atoms with E-state index in [1.54, 1.807) is 0 Å². The van der Waals surface area contributed by atoms with Gasteiger partial charge in [-0.15, -0.1) is 0 Å². The summed E-state index contributed by atoms with van der Waals surface area (Å²) in [5.41, 5.74) is 1.67. The average Bonchev–Trinajstić information content (AvgIpc) is 2.78. The minimum absolute atomic E-state index is 0.299. The molecule has 0 spiro atoms. The number of hydrogen-bond donors (Lipinski definition) is 1. The molecule has 0 aromatic heterocycles. The van der Waals surface area contributed by atoms with Gasteiger partial charge in [0.25, 0.3) is 0 Å². The highest BCUT2D eigenvalue weighted by atomic mass is 35.5. The lowest BCUT2D eigenvalue weighted by atomic mass is 9.74. The first-order chi connectivity index (χ1) is 8.12. The molecule has 1 aromatic rings. The van der Waals surface area contributed by atoms with Crippen molar-refractivity contribution in [3.63, 3.8) is 0 Å². The number of benzene rings is 1. The minimum Gasteiger partial charge on any atom is -0.316 e. The van der Waals surface area contributed by atoms with E-state index >= 15 is 0 Å². The fraction of sp³-hybridized carbons (Fsp3) is 0.571. The largest absolute Gasteiger partial charge is 0.316 e. The van der Waals surface area contributed by atoms with E-state index in [1.165, 1.54) is 18.4 Å². The molecular weight excluding hydrogens is 253 g/mol. The van der Waals surface area contributed by atoms with Gasteiger partial charge in [0, 0.05) is 12.0 Å². The summed E-state index contributed by atoms with van der Waals surface area (Å²) in [6.45, 7) is 4.59. The lowest BCUT2D eigenvalue weighted by molar-refractivity contribution is 0.399. The van der Waals surface area contributed by atoms with Crippen LogP contribution in [0.4, 0.5) is 0 Å². The van der Waals surface area contributed by atoms with Gasteiger partial charge in [0.2, 0.25) is 0 Å². The third-order valence-corrected chi connectivity index (χ3v) is 5.25. The molecule has 3 heteroatoms. The first kappa shape index (κ1) is 11.8. The van der Waals surface area contributed by atoms with Gasteiger partial charge in [-0.05, 0) is 48.9 Å². The van der Waals surface area contributed by atoms with Crippen LogP contribution in [0, 0.1) is 11.8 Å². The van der Waals surface area contributed by atoms with Crippen molar-refractivity contribution in [2.24, 2.45) is 11.8 Å². The SMILES string of the molecule is C[C@@H]1C[C@@H]2CNC[C@]2(c2ccc(Cl)c(Cl)c2)C1. The van der Waals surface area contributed by atoms with Crippen LogP contribution in [-0.2, 0) is 5.41 Å². The van der Waals surface area contributed by atoms with Gasteiger partial charge < -0.3 is 5.32 Å². The Balaban J connectivity index is 2.04. The Hall–Kier alpha value is -0.240. The number of fused-ring (bicyclic) bond motifs is 1. The number of hydrogen-bond acceptors (Lipinski definition) is 1. The molecule has 1 nitrogen and oxygen atoms in total. The molecule has 2 fully saturated rings. The van der Waals surface area contributed by atoms with Crippen molar-refractivity contribution in [2.45, 2.75) is 25.2 Å². The summed E-state index contributed by atoms with van der Waals surface area (Å²) in [5.74, 6) is 1.58. The number of nitrogens with one attached hydrogen (secondary N) is 1. The molecule has 0 unspecified atom stereocenters. The van der Waals surface area contributed by atoms with E-state index < -0.39 is 0 Å². The van der Waals surface area contributed by atoms with Gasteiger partial charge in [-0.1, -0.05) is 36.2 Å². The lowest BCUT2D eigenvalue weighted by Gasteiger charge is -2.29. The predicted octanol–water partition coefficient (Wildman–Crippen LogP) is 3.88. The fourth-order valence-corrected chi connectivity index (χ4v) is 4.11. The van der Waals surface area contributed by atoms with Crippen molar-refractivity contribution in [2.75, 3.05) is 13.1 Å². The molecule has 1 saturated carbocycles. The van der Waals surface area contributed by atoms with E-state index in [-0.39, 0.29) is 0 Å². The van der Waals surface area contributed by atoms with Crippen molar-refractivity contribution in [1.29, 1.82) is 0 Å². The van der Waals surface area contributed by atoms with Crippen LogP contribution in [-0.4, -0.2) is 13.1 Å². The molecule has 1 N–H and O–H groups in total. The zero-order chi connectivity index (χ0) is 12.0. The first-order valence-electron chi connectivity index (χ1n) is 6.28. The second-order valence-corrected chi connectivity index (χ2v) is 6.47. The Bertz CT molecular complexity index is 446. The monoisotopic (exact) mass is 269 g/mol. The van der Waals surface area contributed by atoms with Gasteiger partial charge in [-0.2, -0.15) is 0 Å². The quantitative estimate of drug-likeness (QED) is 0.816. The van der Waals surface area contributed by atoms with E-state index in [2.05, 4.69) is 24.4 Å². The Labute approximate surface area is 112 Å². The number of halogens is 2. The van der Waals surface area contributed by atoms with Crippen LogP contribution < -0.4 is 5.32 Å². The molecule has 1 saturated heterocycles. The van der Waals surface area contributed by atoms with E-state index in [1.807, 2.05) is 6.07 Å². The van der Waals surface area contributed by atoms with Gasteiger partial charge in [0.15, 0.2) is 0 Å². The molecule has 1 heterocycles. The Morgan fingerprint density at radius 3 is 2.88 bits per heavy atom. The maximum absolute atomic E-state index is 6.16. The maximum Gasteiger partial charge on any atom is 0.0595 e. The third kappa shape index (κ3) is 1.80. The van der Waals surface area contributed by atoms with Crippen LogP contribution in [0.1, 0.15) is 25.3 Å². The van der Waals surface area contributed by atoms with Gasteiger partial charge in [0.05, 0.1) is 10.0 Å². The van der Waals surface area contributed by atoms with Crippen molar-refractivity contribution in [3.8, 4) is 0 Å². The molecular formula is C14H17Cl2N. The molecule has 3 atom stereocenters. The molecule has 17 heavy (non-hydrogen) atoms. The van der Waals surface area contributed by atoms with Crippen molar-refractivity contribution in [3.05, 3.63) is 33.8 Å². The third-order valence-electron chi connectivity index (χ3n) is 4.51. The van der Waals surface area contributed by atoms with Crippen LogP contribution in [0.5, 0.6) is 0 Å². The van der Waals surface area contributed by atoms with Gasteiger partial charge >= 0.3 is 0 Å². The lowest BCUT2D eigenvalue weighted by Crippen LogP contribution is -2.31. The van der Waals surface area contributed by atoms with E-state index in [9.17, 15) is 0 Å². The van der Waals surface area contributed by atoms with Crippen molar-refractivity contribution < 1.29 is 0 Å². The van der Waals surface area contributed by atoms with E-state index in [4.69, 9.17) is 23.2 Å². The summed E-state index contributed by atoms with van der Waals surface area (Å²) in [4.78, 5) is 0. The Morgan fingerprint density at radius 1 is 1.29 bits per heavy atom. The van der Waals surface area contributed by atoms with Crippen LogP contribution >= 0.6 is 23.2 Å². The van der Waals surface area contributed by atoms with Crippen molar-refractivity contribution in [1.82, 2.24) is 5.32 Å². The molecule has 3 rings (SSSR count). The highest BCUT2D eigenvalue weighted by Gasteiger charge is 2.49. The average molecular weight is 270 g/mol. The topological polar surface area (TPSA) is 12.0 Å². The second-order valence-electron chi connectivity index (χ2n) is 5.66. The number of rotatable bonds is 1. The highest BCUT2D eigenvalue weighted by Crippen LogP contribution is 2.50. The summed E-state index contributed by atoms with van der Waals surface area (Å²) in [5, 5.41) is 4.88. The van der Waals surface area contributed by atoms with E-state index in [0.717, 1.165) is 24.9 Å². The summed E-state index contributed by atoms with van der Waals surface area (Å²) >= 11 is 12.2. The minimum atomic E-state index is 0.299. The molecule has 0 radical (unpaired) electrons. The zero-order valence-electron chi connectivity index (χ0n) is 9.97. The maximum atomic E-state index is 6.16. The first-order valence-corrected chi connectivity index (χ1v) is 7.04. The van der Waals surface area contributed by atoms with Gasteiger partial charge in [0.1, 0.15) is 0 Å². The normalized spacial score (nSPS) is 36.2. The zero-order valence-corrected chi connectivity index (χ0v) is 11.5. The molecule has 0 amide bonds. The van der Waals surface area contributed by atoms with Gasteiger partial charge in [-0.25, -0.2) is 0 Å². The summed E-state index contributed by atoms with van der Waals surface area (Å²) in [7, 11) is 0. The highest BCUT2D eigenvalue weighted by molar-refractivity contribution is 6.42. The fourth-order valence-electron chi connectivity index (χ4n) is 3.81. The molecule has 92 valence electrons. The van der Waals surface area contributed by atoms with Crippen LogP contribution in [0.2, 0.25) is 10.0 Å². The van der Waals surface area contributed by atoms with Crippen LogP contribution in [0.3, 0.4) is 0 Å². The smallest absolute Gasteiger partial charge is 0.0595 e. The summed E-state index contributed by atoms with van der Waals surface area (Å²) in [6, 6.07) is 6.17. The summed E-state index contributed by atoms with van der Waals surface area (Å²) in [6.07, 6.45) is 2.59. The van der Waals surface area contributed by atoms with E-state index in [0.29, 0.717) is 15.5 Å². The molecule has 0 bridgehead atoms. The Morgan fingerprint density at radius 2 is 2.12 bits per heavy atom. The molecule has 2 aliphatic rings. The van der Waals surface area contributed by atoms with Crippen LogP contribution in [0.25, 0.3) is 0 Å². The Kier molecular flexibility index (Phi) is 2.89. The van der Waals surface area contributed by atoms with Crippen LogP contribution in [0.15, 0.2) is 18.2 Å². The van der Waals surface area contributed by atoms with Gasteiger partial charge in [-0.3, -0.25) is 0 Å². The molecule has 1 aromatic carbocycles. The molecule has 1 aliphatic heterocycles. The molecule has 1 aliphatic carbocycles.